The Bertz CT molecular complexity index is 617. The molecule has 3 N–H and O–H groups in total. The molecule has 0 aliphatic rings. The van der Waals surface area contributed by atoms with Crippen LogP contribution < -0.4 is 11.1 Å². The molecule has 2 rings (SSSR count). The molecule has 100 valence electrons. The maximum absolute atomic E-state index is 11.8. The average Bonchev–Trinajstić information content (AvgIpc) is 2.69. The summed E-state index contributed by atoms with van der Waals surface area (Å²) in [6, 6.07) is 5.13. The number of rotatable bonds is 3. The first-order valence-corrected chi connectivity index (χ1v) is 6.11. The van der Waals surface area contributed by atoms with E-state index in [1.807, 2.05) is 20.8 Å². The van der Waals surface area contributed by atoms with Crippen molar-refractivity contribution >= 4 is 11.6 Å². The number of aryl methyl sites for hydroxylation is 2. The molecule has 0 spiro atoms. The summed E-state index contributed by atoms with van der Waals surface area (Å²) in [5.41, 5.74) is 7.73. The van der Waals surface area contributed by atoms with E-state index in [0.717, 1.165) is 5.82 Å². The van der Waals surface area contributed by atoms with Gasteiger partial charge in [0.2, 0.25) is 0 Å². The number of nitrogens with one attached hydrogen (secondary N) is 1. The molecule has 6 heteroatoms. The molecule has 6 nitrogen and oxygen atoms in total. The summed E-state index contributed by atoms with van der Waals surface area (Å²) >= 11 is 0. The highest BCUT2D eigenvalue weighted by Crippen LogP contribution is 2.19. The summed E-state index contributed by atoms with van der Waals surface area (Å²) in [7, 11) is 0. The fourth-order valence-electron chi connectivity index (χ4n) is 1.88. The Morgan fingerprint density at radius 1 is 1.42 bits per heavy atom. The molecule has 0 saturated carbocycles. The van der Waals surface area contributed by atoms with Crippen molar-refractivity contribution in [3.63, 3.8) is 0 Å². The van der Waals surface area contributed by atoms with E-state index in [4.69, 9.17) is 5.73 Å². The number of amides is 1. The molecule has 0 fully saturated rings. The molecule has 1 aromatic carbocycles. The van der Waals surface area contributed by atoms with Gasteiger partial charge in [-0.3, -0.25) is 4.79 Å². The number of benzene rings is 1. The normalized spacial score (nSPS) is 10.5. The van der Waals surface area contributed by atoms with Crippen LogP contribution >= 0.6 is 0 Å². The number of hydrogen-bond donors (Lipinski definition) is 2. The molecule has 0 radical (unpaired) electrons. The van der Waals surface area contributed by atoms with Gasteiger partial charge in [0.1, 0.15) is 11.6 Å². The van der Waals surface area contributed by atoms with Crippen LogP contribution in [0.5, 0.6) is 0 Å². The highest BCUT2D eigenvalue weighted by molar-refractivity contribution is 5.95. The number of nitrogen functional groups attached to an aromatic ring is 1. The Kier molecular flexibility index (Phi) is 3.50. The fourth-order valence-corrected chi connectivity index (χ4v) is 1.88. The van der Waals surface area contributed by atoms with E-state index in [1.54, 1.807) is 22.9 Å². The van der Waals surface area contributed by atoms with E-state index in [9.17, 15) is 4.79 Å². The number of anilines is 1. The molecule has 2 aromatic rings. The highest BCUT2D eigenvalue weighted by Gasteiger charge is 2.12. The van der Waals surface area contributed by atoms with Crippen LogP contribution in [-0.4, -0.2) is 27.2 Å². The zero-order valence-electron chi connectivity index (χ0n) is 11.3. The van der Waals surface area contributed by atoms with Gasteiger partial charge >= 0.3 is 0 Å². The number of nitrogens with two attached hydrogens (primary N) is 1. The number of nitrogens with zero attached hydrogens (tertiary/aromatic N) is 3. The molecular weight excluding hydrogens is 242 g/mol. The van der Waals surface area contributed by atoms with Crippen LogP contribution in [0.4, 0.5) is 5.69 Å². The van der Waals surface area contributed by atoms with E-state index in [2.05, 4.69) is 15.4 Å². The number of carbonyl (C=O) groups is 1. The van der Waals surface area contributed by atoms with Crippen molar-refractivity contribution < 1.29 is 4.79 Å². The van der Waals surface area contributed by atoms with Gasteiger partial charge in [-0.2, -0.15) is 5.10 Å². The van der Waals surface area contributed by atoms with Gasteiger partial charge in [0, 0.05) is 12.1 Å². The van der Waals surface area contributed by atoms with Crippen LogP contribution in [0, 0.1) is 13.8 Å². The van der Waals surface area contributed by atoms with Crippen molar-refractivity contribution in [1.29, 1.82) is 0 Å². The van der Waals surface area contributed by atoms with E-state index in [0.29, 0.717) is 29.3 Å². The maximum atomic E-state index is 11.8. The van der Waals surface area contributed by atoms with Crippen molar-refractivity contribution in [2.45, 2.75) is 20.8 Å². The standard InChI is InChI=1S/C13H17N5O/c1-4-15-13(19)10-5-6-11(14)12(7-10)18-9(3)16-8(2)17-18/h5-7H,4,14H2,1-3H3,(H,15,19). The first-order valence-electron chi connectivity index (χ1n) is 6.11. The summed E-state index contributed by atoms with van der Waals surface area (Å²) in [6.07, 6.45) is 0. The molecule has 19 heavy (non-hydrogen) atoms. The Morgan fingerprint density at radius 2 is 2.16 bits per heavy atom. The monoisotopic (exact) mass is 259 g/mol. The van der Waals surface area contributed by atoms with Crippen LogP contribution in [0.3, 0.4) is 0 Å². The molecular formula is C13H17N5O. The summed E-state index contributed by atoms with van der Waals surface area (Å²) in [5, 5.41) is 7.04. The lowest BCUT2D eigenvalue weighted by Gasteiger charge is -2.09. The van der Waals surface area contributed by atoms with Gasteiger partial charge < -0.3 is 11.1 Å². The molecule has 1 heterocycles. The largest absolute Gasteiger partial charge is 0.397 e. The number of aromatic nitrogens is 3. The van der Waals surface area contributed by atoms with E-state index < -0.39 is 0 Å². The maximum Gasteiger partial charge on any atom is 0.251 e. The van der Waals surface area contributed by atoms with Crippen molar-refractivity contribution in [2.75, 3.05) is 12.3 Å². The second-order valence-electron chi connectivity index (χ2n) is 4.25. The molecule has 0 aliphatic carbocycles. The third kappa shape index (κ3) is 2.57. The van der Waals surface area contributed by atoms with Crippen molar-refractivity contribution in [2.24, 2.45) is 0 Å². The minimum Gasteiger partial charge on any atom is -0.397 e. The van der Waals surface area contributed by atoms with Gasteiger partial charge in [-0.05, 0) is 39.0 Å². The molecule has 0 unspecified atom stereocenters. The molecule has 0 atom stereocenters. The Labute approximate surface area is 111 Å². The second-order valence-corrected chi connectivity index (χ2v) is 4.25. The number of hydrogen-bond acceptors (Lipinski definition) is 4. The molecule has 0 saturated heterocycles. The lowest BCUT2D eigenvalue weighted by Crippen LogP contribution is -2.23. The quantitative estimate of drug-likeness (QED) is 0.811. The summed E-state index contributed by atoms with van der Waals surface area (Å²) in [6.45, 7) is 6.12. The van der Waals surface area contributed by atoms with Crippen LogP contribution in [-0.2, 0) is 0 Å². The lowest BCUT2D eigenvalue weighted by molar-refractivity contribution is 0.0956. The van der Waals surface area contributed by atoms with E-state index in [1.165, 1.54) is 0 Å². The van der Waals surface area contributed by atoms with E-state index in [-0.39, 0.29) is 5.91 Å². The van der Waals surface area contributed by atoms with Gasteiger partial charge in [0.25, 0.3) is 5.91 Å². The van der Waals surface area contributed by atoms with Crippen molar-refractivity contribution in [3.05, 3.63) is 35.4 Å². The summed E-state index contributed by atoms with van der Waals surface area (Å²) in [4.78, 5) is 16.1. The zero-order chi connectivity index (χ0) is 14.0. The van der Waals surface area contributed by atoms with Crippen LogP contribution in [0.2, 0.25) is 0 Å². The molecule has 0 bridgehead atoms. The average molecular weight is 259 g/mol. The van der Waals surface area contributed by atoms with Gasteiger partial charge in [-0.25, -0.2) is 9.67 Å². The van der Waals surface area contributed by atoms with Crippen LogP contribution in [0.15, 0.2) is 18.2 Å². The second kappa shape index (κ2) is 5.09. The SMILES string of the molecule is CCNC(=O)c1ccc(N)c(-n2nc(C)nc2C)c1. The predicted molar refractivity (Wildman–Crippen MR) is 73.3 cm³/mol. The smallest absolute Gasteiger partial charge is 0.251 e. The van der Waals surface area contributed by atoms with Crippen molar-refractivity contribution in [3.8, 4) is 5.69 Å². The van der Waals surface area contributed by atoms with Gasteiger partial charge in [-0.15, -0.1) is 0 Å². The summed E-state index contributed by atoms with van der Waals surface area (Å²) in [5.74, 6) is 1.27. The lowest BCUT2D eigenvalue weighted by atomic mass is 10.1. The third-order valence-electron chi connectivity index (χ3n) is 2.73. The Hall–Kier alpha value is -2.37. The predicted octanol–water partition coefficient (Wildman–Crippen LogP) is 1.22. The fraction of sp³-hybridized carbons (Fsp3) is 0.308. The van der Waals surface area contributed by atoms with E-state index >= 15 is 0 Å². The minimum atomic E-state index is -0.127. The minimum absolute atomic E-state index is 0.127. The first kappa shape index (κ1) is 13.1. The molecule has 1 aromatic heterocycles. The van der Waals surface area contributed by atoms with Crippen LogP contribution in [0.1, 0.15) is 28.9 Å². The first-order chi connectivity index (χ1) is 9.02. The van der Waals surface area contributed by atoms with Crippen LogP contribution in [0.25, 0.3) is 5.69 Å². The van der Waals surface area contributed by atoms with Gasteiger partial charge in [0.05, 0.1) is 11.4 Å². The Morgan fingerprint density at radius 3 is 2.74 bits per heavy atom. The Balaban J connectivity index is 2.48. The van der Waals surface area contributed by atoms with Gasteiger partial charge in [0.15, 0.2) is 0 Å². The third-order valence-corrected chi connectivity index (χ3v) is 2.73. The zero-order valence-corrected chi connectivity index (χ0v) is 11.3. The number of carbonyl (C=O) groups excluding carboxylic acids is 1. The van der Waals surface area contributed by atoms with Gasteiger partial charge in [-0.1, -0.05) is 0 Å². The topological polar surface area (TPSA) is 85.8 Å². The van der Waals surface area contributed by atoms with Crippen molar-refractivity contribution in [1.82, 2.24) is 20.1 Å². The molecule has 0 aliphatic heterocycles. The highest BCUT2D eigenvalue weighted by atomic mass is 16.1. The summed E-state index contributed by atoms with van der Waals surface area (Å²) < 4.78 is 1.65. The molecule has 1 amide bonds.